The smallest absolute Gasteiger partial charge is 0.274 e. The Balaban J connectivity index is 1.44. The number of nitrogens with one attached hydrogen (secondary N) is 1. The lowest BCUT2D eigenvalue weighted by molar-refractivity contribution is 0.0706. The number of nitrogens with zero attached hydrogens (tertiary/aromatic N) is 4. The maximum atomic E-state index is 12.7. The number of aromatic amines is 1. The van der Waals surface area contributed by atoms with E-state index in [4.69, 9.17) is 5.73 Å². The van der Waals surface area contributed by atoms with E-state index in [0.717, 1.165) is 24.1 Å². The molecular weight excluding hydrogens is 332 g/mol. The molecule has 1 aliphatic heterocycles. The van der Waals surface area contributed by atoms with Crippen LogP contribution in [0.1, 0.15) is 45.4 Å². The van der Waals surface area contributed by atoms with Crippen molar-refractivity contribution in [2.45, 2.75) is 18.8 Å². The number of piperidine rings is 1. The van der Waals surface area contributed by atoms with Gasteiger partial charge in [-0.25, -0.2) is 4.98 Å². The number of aromatic nitrogens is 4. The number of hydrogen-bond acceptors (Lipinski definition) is 5. The summed E-state index contributed by atoms with van der Waals surface area (Å²) in [4.78, 5) is 34.4. The molecule has 0 unspecified atom stereocenters. The molecule has 2 aromatic heterocycles. The van der Waals surface area contributed by atoms with Crippen molar-refractivity contribution in [3.05, 3.63) is 53.6 Å². The van der Waals surface area contributed by atoms with Crippen molar-refractivity contribution in [1.82, 2.24) is 25.1 Å². The van der Waals surface area contributed by atoms with Crippen molar-refractivity contribution in [2.75, 3.05) is 13.1 Å². The highest BCUT2D eigenvalue weighted by atomic mass is 16.2. The normalized spacial score (nSPS) is 15.3. The zero-order valence-corrected chi connectivity index (χ0v) is 14.1. The minimum Gasteiger partial charge on any atom is -0.364 e. The first-order valence-corrected chi connectivity index (χ1v) is 8.48. The van der Waals surface area contributed by atoms with Crippen LogP contribution < -0.4 is 5.73 Å². The highest BCUT2D eigenvalue weighted by Gasteiger charge is 2.27. The van der Waals surface area contributed by atoms with E-state index in [-0.39, 0.29) is 17.5 Å². The predicted octanol–water partition coefficient (Wildman–Crippen LogP) is 1.47. The molecule has 8 nitrogen and oxygen atoms in total. The van der Waals surface area contributed by atoms with Crippen molar-refractivity contribution in [2.24, 2.45) is 5.73 Å². The third-order valence-electron chi connectivity index (χ3n) is 4.74. The lowest BCUT2D eigenvalue weighted by Crippen LogP contribution is -2.38. The molecule has 0 radical (unpaired) electrons. The summed E-state index contributed by atoms with van der Waals surface area (Å²) in [6.07, 6.45) is 3.10. The van der Waals surface area contributed by atoms with Gasteiger partial charge in [-0.2, -0.15) is 5.10 Å². The van der Waals surface area contributed by atoms with E-state index >= 15 is 0 Å². The molecule has 0 bridgehead atoms. The van der Waals surface area contributed by atoms with Crippen molar-refractivity contribution in [1.29, 1.82) is 0 Å². The minimum atomic E-state index is -0.546. The molecule has 0 aliphatic carbocycles. The molecule has 26 heavy (non-hydrogen) atoms. The second-order valence-electron chi connectivity index (χ2n) is 6.38. The summed E-state index contributed by atoms with van der Waals surface area (Å²) in [5.74, 6) is -0.429. The minimum absolute atomic E-state index is 0.107. The van der Waals surface area contributed by atoms with Gasteiger partial charge >= 0.3 is 0 Å². The van der Waals surface area contributed by atoms with Crippen molar-refractivity contribution >= 4 is 22.8 Å². The second kappa shape index (κ2) is 6.55. The molecule has 3 N–H and O–H groups in total. The van der Waals surface area contributed by atoms with E-state index in [1.54, 1.807) is 11.0 Å². The third-order valence-corrected chi connectivity index (χ3v) is 4.74. The largest absolute Gasteiger partial charge is 0.364 e. The molecular formula is C18H18N6O2. The standard InChI is InChI=1S/C18H18N6O2/c19-17(25)15-9-14(22-23-15)11-5-7-24(8-6-11)18(26)16-10-20-12-3-1-2-4-13(12)21-16/h1-4,9-11H,5-8H2,(H2,19,25)(H,22,23). The van der Waals surface area contributed by atoms with Gasteiger partial charge in [-0.05, 0) is 31.0 Å². The zero-order valence-electron chi connectivity index (χ0n) is 14.1. The van der Waals surface area contributed by atoms with Crippen molar-refractivity contribution in [3.8, 4) is 0 Å². The molecule has 0 spiro atoms. The van der Waals surface area contributed by atoms with Crippen LogP contribution in [0.25, 0.3) is 11.0 Å². The Hall–Kier alpha value is -3.29. The molecule has 1 aliphatic rings. The van der Waals surface area contributed by atoms with Crippen LogP contribution in [0.5, 0.6) is 0 Å². The first-order chi connectivity index (χ1) is 12.6. The molecule has 3 heterocycles. The number of primary amides is 1. The predicted molar refractivity (Wildman–Crippen MR) is 94.5 cm³/mol. The van der Waals surface area contributed by atoms with Gasteiger partial charge in [0.25, 0.3) is 11.8 Å². The van der Waals surface area contributed by atoms with E-state index in [2.05, 4.69) is 20.2 Å². The maximum absolute atomic E-state index is 12.7. The average Bonchev–Trinajstić information content (AvgIpc) is 3.18. The van der Waals surface area contributed by atoms with E-state index in [0.29, 0.717) is 24.3 Å². The fraction of sp³-hybridized carbons (Fsp3) is 0.278. The van der Waals surface area contributed by atoms with E-state index < -0.39 is 5.91 Å². The van der Waals surface area contributed by atoms with Crippen LogP contribution >= 0.6 is 0 Å². The quantitative estimate of drug-likeness (QED) is 0.741. The van der Waals surface area contributed by atoms with Crippen molar-refractivity contribution < 1.29 is 9.59 Å². The third kappa shape index (κ3) is 3.01. The highest BCUT2D eigenvalue weighted by molar-refractivity contribution is 5.94. The molecule has 2 amide bonds. The zero-order chi connectivity index (χ0) is 18.1. The molecule has 8 heteroatoms. The maximum Gasteiger partial charge on any atom is 0.274 e. The number of para-hydroxylation sites is 2. The summed E-state index contributed by atoms with van der Waals surface area (Å²) in [6.45, 7) is 1.23. The Morgan fingerprint density at radius 2 is 1.85 bits per heavy atom. The number of benzene rings is 1. The SMILES string of the molecule is NC(=O)c1cc(C2CCN(C(=O)c3cnc4ccccc4n3)CC2)[nH]n1. The molecule has 0 atom stereocenters. The fourth-order valence-electron chi connectivity index (χ4n) is 3.29. The molecule has 1 fully saturated rings. The van der Waals surface area contributed by atoms with Gasteiger partial charge in [-0.3, -0.25) is 19.7 Å². The van der Waals surface area contributed by atoms with Crippen LogP contribution in [-0.2, 0) is 0 Å². The number of rotatable bonds is 3. The Labute approximate surface area is 149 Å². The summed E-state index contributed by atoms with van der Waals surface area (Å²) in [7, 11) is 0. The lowest BCUT2D eigenvalue weighted by Gasteiger charge is -2.31. The van der Waals surface area contributed by atoms with Gasteiger partial charge in [0, 0.05) is 24.7 Å². The van der Waals surface area contributed by atoms with E-state index in [1.165, 1.54) is 6.20 Å². The van der Waals surface area contributed by atoms with Gasteiger partial charge in [-0.1, -0.05) is 12.1 Å². The topological polar surface area (TPSA) is 118 Å². The lowest BCUT2D eigenvalue weighted by atomic mass is 9.93. The summed E-state index contributed by atoms with van der Waals surface area (Å²) in [5, 5.41) is 6.80. The fourth-order valence-corrected chi connectivity index (χ4v) is 3.29. The van der Waals surface area contributed by atoms with Gasteiger partial charge in [0.1, 0.15) is 11.4 Å². The number of carbonyl (C=O) groups is 2. The molecule has 4 rings (SSSR count). The average molecular weight is 350 g/mol. The summed E-state index contributed by atoms with van der Waals surface area (Å²) < 4.78 is 0. The molecule has 132 valence electrons. The molecule has 1 aromatic carbocycles. The number of fused-ring (bicyclic) bond motifs is 1. The monoisotopic (exact) mass is 350 g/mol. The number of carbonyl (C=O) groups excluding carboxylic acids is 2. The van der Waals surface area contributed by atoms with Gasteiger partial charge in [-0.15, -0.1) is 0 Å². The summed E-state index contributed by atoms with van der Waals surface area (Å²) in [6, 6.07) is 9.18. The molecule has 1 saturated heterocycles. The van der Waals surface area contributed by atoms with Crippen LogP contribution in [0.15, 0.2) is 36.5 Å². The van der Waals surface area contributed by atoms with Gasteiger partial charge < -0.3 is 10.6 Å². The van der Waals surface area contributed by atoms with Gasteiger partial charge in [0.05, 0.1) is 17.2 Å². The first-order valence-electron chi connectivity index (χ1n) is 8.48. The number of H-pyrrole nitrogens is 1. The van der Waals surface area contributed by atoms with Gasteiger partial charge in [0.15, 0.2) is 0 Å². The van der Waals surface area contributed by atoms with Gasteiger partial charge in [0.2, 0.25) is 0 Å². The van der Waals surface area contributed by atoms with Crippen LogP contribution in [0.3, 0.4) is 0 Å². The van der Waals surface area contributed by atoms with E-state index in [1.807, 2.05) is 24.3 Å². The van der Waals surface area contributed by atoms with Crippen LogP contribution in [0.2, 0.25) is 0 Å². The Bertz CT molecular complexity index is 974. The highest BCUT2D eigenvalue weighted by Crippen LogP contribution is 2.27. The summed E-state index contributed by atoms with van der Waals surface area (Å²) in [5.41, 5.74) is 8.21. The van der Waals surface area contributed by atoms with Crippen LogP contribution in [0.4, 0.5) is 0 Å². The number of amides is 2. The van der Waals surface area contributed by atoms with Crippen LogP contribution in [-0.4, -0.2) is 50.0 Å². The van der Waals surface area contributed by atoms with Crippen molar-refractivity contribution in [3.63, 3.8) is 0 Å². The van der Waals surface area contributed by atoms with Crippen LogP contribution in [0, 0.1) is 0 Å². The molecule has 3 aromatic rings. The Morgan fingerprint density at radius 1 is 1.12 bits per heavy atom. The Morgan fingerprint density at radius 3 is 2.54 bits per heavy atom. The summed E-state index contributed by atoms with van der Waals surface area (Å²) >= 11 is 0. The Kier molecular flexibility index (Phi) is 4.08. The first kappa shape index (κ1) is 16.2. The van der Waals surface area contributed by atoms with E-state index in [9.17, 15) is 9.59 Å². The number of likely N-dealkylation sites (tertiary alicyclic amines) is 1. The number of nitrogens with two attached hydrogens (primary N) is 1. The molecule has 0 saturated carbocycles. The number of hydrogen-bond donors (Lipinski definition) is 2. The second-order valence-corrected chi connectivity index (χ2v) is 6.38.